The maximum absolute atomic E-state index is 2.30. The van der Waals surface area contributed by atoms with Crippen LogP contribution in [-0.4, -0.2) is 0 Å². The quantitative estimate of drug-likeness (QED) is 0.348. The van der Waals surface area contributed by atoms with E-state index in [1.54, 1.807) is 0 Å². The molecule has 0 fully saturated rings. The van der Waals surface area contributed by atoms with E-state index in [0.29, 0.717) is 0 Å². The van der Waals surface area contributed by atoms with Crippen LogP contribution in [-0.2, 0) is 6.16 Å². The summed E-state index contributed by atoms with van der Waals surface area (Å²) in [6.45, 7) is 0. The van der Waals surface area contributed by atoms with Gasteiger partial charge in [0.05, 0.1) is 6.16 Å². The van der Waals surface area contributed by atoms with E-state index < -0.39 is 7.26 Å². The SMILES string of the molecule is Cl.[H-].[Na+].c1ccc(C[P+](c2ccccc2)(c2ccccc2)c2ccccc2)cc1. The summed E-state index contributed by atoms with van der Waals surface area (Å²) < 4.78 is 0. The standard InChI is InChI=1S/C25H22P.ClH.Na.H/c1-5-13-22(14-6-1)21-26(23-15-7-2-8-16-23,24-17-9-3-10-18-24)25-19-11-4-12-20-25;;;/h1-20H,21H2;1H;;/q+1;;+1;-1. The minimum atomic E-state index is -1.78. The largest absolute Gasteiger partial charge is 1.00 e. The van der Waals surface area contributed by atoms with Crippen LogP contribution in [0.15, 0.2) is 121 Å². The third kappa shape index (κ3) is 4.77. The van der Waals surface area contributed by atoms with Gasteiger partial charge in [0.25, 0.3) is 0 Å². The number of hydrogen-bond acceptors (Lipinski definition) is 0. The van der Waals surface area contributed by atoms with Crippen molar-refractivity contribution >= 4 is 35.6 Å². The van der Waals surface area contributed by atoms with Crippen LogP contribution in [0.1, 0.15) is 6.99 Å². The summed E-state index contributed by atoms with van der Waals surface area (Å²) >= 11 is 0. The number of halogens is 1. The molecule has 0 amide bonds. The Labute approximate surface area is 198 Å². The van der Waals surface area contributed by atoms with Crippen LogP contribution in [0, 0.1) is 0 Å². The number of benzene rings is 4. The average molecular weight is 414 g/mol. The molecule has 0 spiro atoms. The zero-order valence-electron chi connectivity index (χ0n) is 17.1. The van der Waals surface area contributed by atoms with Crippen molar-refractivity contribution in [1.29, 1.82) is 0 Å². The van der Waals surface area contributed by atoms with Crippen LogP contribution in [0.5, 0.6) is 0 Å². The molecule has 0 aliphatic carbocycles. The van der Waals surface area contributed by atoms with Gasteiger partial charge in [0, 0.05) is 0 Å². The van der Waals surface area contributed by atoms with Gasteiger partial charge in [0.1, 0.15) is 23.2 Å². The first-order valence-electron chi connectivity index (χ1n) is 8.98. The second-order valence-corrected chi connectivity index (χ2v) is 9.95. The van der Waals surface area contributed by atoms with Gasteiger partial charge in [0.2, 0.25) is 0 Å². The smallest absolute Gasteiger partial charge is 1.00 e. The van der Waals surface area contributed by atoms with Gasteiger partial charge in [-0.2, -0.15) is 0 Å². The molecule has 0 bridgehead atoms. The monoisotopic (exact) mass is 413 g/mol. The molecule has 0 saturated carbocycles. The first-order chi connectivity index (χ1) is 12.9. The predicted octanol–water partition coefficient (Wildman–Crippen LogP) is 2.72. The van der Waals surface area contributed by atoms with Gasteiger partial charge in [-0.05, 0) is 42.0 Å². The van der Waals surface area contributed by atoms with E-state index in [9.17, 15) is 0 Å². The van der Waals surface area contributed by atoms with E-state index in [1.165, 1.54) is 21.5 Å². The van der Waals surface area contributed by atoms with Gasteiger partial charge in [-0.1, -0.05) is 84.9 Å². The topological polar surface area (TPSA) is 0 Å². The summed E-state index contributed by atoms with van der Waals surface area (Å²) in [5.74, 6) is 0. The summed E-state index contributed by atoms with van der Waals surface area (Å²) in [5, 5.41) is 4.30. The van der Waals surface area contributed by atoms with Crippen molar-refractivity contribution in [2.75, 3.05) is 0 Å². The van der Waals surface area contributed by atoms with Crippen molar-refractivity contribution in [3.8, 4) is 0 Å². The fourth-order valence-corrected chi connectivity index (χ4v) is 7.87. The van der Waals surface area contributed by atoms with Crippen LogP contribution < -0.4 is 45.5 Å². The van der Waals surface area contributed by atoms with Crippen LogP contribution >= 0.6 is 19.7 Å². The normalized spacial score (nSPS) is 10.4. The van der Waals surface area contributed by atoms with E-state index in [-0.39, 0.29) is 43.4 Å². The molecule has 28 heavy (non-hydrogen) atoms. The van der Waals surface area contributed by atoms with Gasteiger partial charge < -0.3 is 1.43 Å². The number of rotatable bonds is 5. The fourth-order valence-electron chi connectivity index (χ4n) is 3.63. The molecule has 0 saturated heterocycles. The van der Waals surface area contributed by atoms with Gasteiger partial charge in [-0.25, -0.2) is 0 Å². The van der Waals surface area contributed by atoms with Crippen LogP contribution in [0.4, 0.5) is 0 Å². The van der Waals surface area contributed by atoms with Gasteiger partial charge >= 0.3 is 29.6 Å². The Morgan fingerprint density at radius 1 is 0.464 bits per heavy atom. The first kappa shape index (κ1) is 22.9. The van der Waals surface area contributed by atoms with Crippen molar-refractivity contribution < 1.29 is 31.0 Å². The zero-order chi connectivity index (χ0) is 17.7. The van der Waals surface area contributed by atoms with E-state index in [0.717, 1.165) is 6.16 Å². The molecule has 3 heteroatoms. The van der Waals surface area contributed by atoms with Crippen molar-refractivity contribution in [1.82, 2.24) is 0 Å². The van der Waals surface area contributed by atoms with Crippen molar-refractivity contribution in [2.45, 2.75) is 6.16 Å². The van der Waals surface area contributed by atoms with Crippen LogP contribution in [0.2, 0.25) is 0 Å². The van der Waals surface area contributed by atoms with Gasteiger partial charge in [-0.15, -0.1) is 12.4 Å². The first-order valence-corrected chi connectivity index (χ1v) is 11.0. The molecule has 4 aromatic carbocycles. The summed E-state index contributed by atoms with van der Waals surface area (Å²) in [6.07, 6.45) is 1.03. The minimum Gasteiger partial charge on any atom is -1.00 e. The Morgan fingerprint density at radius 3 is 1.07 bits per heavy atom. The summed E-state index contributed by atoms with van der Waals surface area (Å²) in [7, 11) is -1.78. The molecule has 0 heterocycles. The number of hydrogen-bond donors (Lipinski definition) is 0. The Balaban J connectivity index is 0.00000140. The molecule has 0 aliphatic heterocycles. The molecule has 0 aromatic heterocycles. The molecule has 0 atom stereocenters. The van der Waals surface area contributed by atoms with E-state index in [1.807, 2.05) is 0 Å². The maximum Gasteiger partial charge on any atom is 1.00 e. The third-order valence-electron chi connectivity index (χ3n) is 4.85. The maximum atomic E-state index is 2.30. The molecule has 136 valence electrons. The van der Waals surface area contributed by atoms with Crippen molar-refractivity contribution in [3.05, 3.63) is 127 Å². The summed E-state index contributed by atoms with van der Waals surface area (Å²) in [5.41, 5.74) is 1.39. The molecule has 0 unspecified atom stereocenters. The fraction of sp³-hybridized carbons (Fsp3) is 0.0400. The molecule has 0 aliphatic rings. The molecular formula is C25H24ClNaP+. The van der Waals surface area contributed by atoms with Crippen LogP contribution in [0.3, 0.4) is 0 Å². The molecular weight excluding hydrogens is 390 g/mol. The van der Waals surface area contributed by atoms with E-state index in [2.05, 4.69) is 121 Å². The molecule has 4 aromatic rings. The van der Waals surface area contributed by atoms with Crippen molar-refractivity contribution in [3.63, 3.8) is 0 Å². The zero-order valence-corrected chi connectivity index (χ0v) is 19.8. The van der Waals surface area contributed by atoms with Crippen molar-refractivity contribution in [2.24, 2.45) is 0 Å². The predicted molar refractivity (Wildman–Crippen MR) is 124 cm³/mol. The van der Waals surface area contributed by atoms with Crippen LogP contribution in [0.25, 0.3) is 0 Å². The Kier molecular flexibility index (Phi) is 8.96. The second kappa shape index (κ2) is 11.0. The Morgan fingerprint density at radius 2 is 0.750 bits per heavy atom. The average Bonchev–Trinajstić information content (AvgIpc) is 2.75. The molecule has 0 nitrogen and oxygen atoms in total. The Bertz CT molecular complexity index is 854. The Hall–Kier alpha value is -1.40. The molecule has 0 radical (unpaired) electrons. The van der Waals surface area contributed by atoms with Gasteiger partial charge in [0.15, 0.2) is 0 Å². The van der Waals surface area contributed by atoms with Gasteiger partial charge in [-0.3, -0.25) is 0 Å². The summed E-state index contributed by atoms with van der Waals surface area (Å²) in [6, 6.07) is 44.0. The molecule has 4 rings (SSSR count). The third-order valence-corrected chi connectivity index (χ3v) is 9.23. The van der Waals surface area contributed by atoms with E-state index >= 15 is 0 Å². The summed E-state index contributed by atoms with van der Waals surface area (Å²) in [4.78, 5) is 0. The second-order valence-electron chi connectivity index (χ2n) is 6.46. The molecule has 0 N–H and O–H groups in total. The van der Waals surface area contributed by atoms with E-state index in [4.69, 9.17) is 0 Å². The minimum absolute atomic E-state index is 0.